The first-order chi connectivity index (χ1) is 28.3. The molecule has 16 nitrogen and oxygen atoms in total. The van der Waals surface area contributed by atoms with Gasteiger partial charge in [0.15, 0.2) is 18.2 Å². The van der Waals surface area contributed by atoms with Gasteiger partial charge in [0.25, 0.3) is 0 Å². The minimum Gasteiger partial charge on any atom is -0.459 e. The summed E-state index contributed by atoms with van der Waals surface area (Å²) in [7, 11) is 0. The van der Waals surface area contributed by atoms with Crippen LogP contribution in [0.1, 0.15) is 108 Å². The first-order valence-corrected chi connectivity index (χ1v) is 21.8. The number of aliphatic hydroxyl groups is 5. The summed E-state index contributed by atoms with van der Waals surface area (Å²) in [5.41, 5.74) is -3.72. The van der Waals surface area contributed by atoms with Gasteiger partial charge in [-0.25, -0.2) is 0 Å². The van der Waals surface area contributed by atoms with Crippen LogP contribution < -0.4 is 5.32 Å². The van der Waals surface area contributed by atoms with Gasteiger partial charge in [-0.1, -0.05) is 58.8 Å². The highest BCUT2D eigenvalue weighted by Crippen LogP contribution is 2.42. The van der Waals surface area contributed by atoms with Crippen LogP contribution in [0.4, 0.5) is 0 Å². The lowest BCUT2D eigenvalue weighted by Crippen LogP contribution is -2.59. The Labute approximate surface area is 359 Å². The summed E-state index contributed by atoms with van der Waals surface area (Å²) in [5, 5.41) is 65.9. The Hall–Kier alpha value is -3.06. The average molecular weight is 863 g/mol. The van der Waals surface area contributed by atoms with Gasteiger partial charge in [0.2, 0.25) is 5.91 Å². The molecule has 1 aromatic carbocycles. The normalized spacial score (nSPS) is 41.8. The molecule has 17 atom stereocenters. The third-order valence-corrected chi connectivity index (χ3v) is 13.4. The first kappa shape index (κ1) is 49.0. The van der Waals surface area contributed by atoms with E-state index in [1.54, 1.807) is 52.0 Å². The number of hydrogen-bond donors (Lipinski definition) is 6. The molecule has 6 N–H and O–H groups in total. The number of Topliss-reactive ketones (excluding diaryl/α,β-unsaturated/α-hetero) is 1. The number of nitrogens with one attached hydrogen (secondary N) is 1. The fourth-order valence-electron chi connectivity index (χ4n) is 9.68. The molecule has 1 aromatic heterocycles. The van der Waals surface area contributed by atoms with Crippen LogP contribution in [-0.2, 0) is 44.5 Å². The quantitative estimate of drug-likeness (QED) is 0.198. The highest BCUT2D eigenvalue weighted by Gasteiger charge is 2.53. The maximum atomic E-state index is 14.5. The van der Waals surface area contributed by atoms with Gasteiger partial charge in [-0.15, -0.1) is 0 Å². The number of benzene rings is 1. The monoisotopic (exact) mass is 862 g/mol. The number of aliphatic hydroxyl groups excluding tert-OH is 3. The molecular formula is C45H70N2O14. The van der Waals surface area contributed by atoms with Crippen molar-refractivity contribution >= 4 is 28.6 Å². The van der Waals surface area contributed by atoms with E-state index in [0.29, 0.717) is 23.1 Å². The average Bonchev–Trinajstić information content (AvgIpc) is 3.59. The third-order valence-electron chi connectivity index (χ3n) is 13.4. The summed E-state index contributed by atoms with van der Waals surface area (Å²) in [6.45, 7) is 18.3. The Balaban J connectivity index is 1.50. The van der Waals surface area contributed by atoms with Crippen molar-refractivity contribution in [1.29, 1.82) is 0 Å². The molecule has 4 heterocycles. The van der Waals surface area contributed by atoms with E-state index in [1.807, 2.05) is 27.7 Å². The smallest absolute Gasteiger partial charge is 0.311 e. The Morgan fingerprint density at radius 1 is 0.902 bits per heavy atom. The molecule has 344 valence electrons. The summed E-state index contributed by atoms with van der Waals surface area (Å²) in [6.07, 6.45) is -10.1. The summed E-state index contributed by atoms with van der Waals surface area (Å²) in [5.74, 6) is -6.06. The molecule has 2 aromatic rings. The van der Waals surface area contributed by atoms with E-state index >= 15 is 0 Å². The van der Waals surface area contributed by atoms with Crippen LogP contribution in [0.25, 0.3) is 11.0 Å². The minimum absolute atomic E-state index is 0.0938. The van der Waals surface area contributed by atoms with Crippen molar-refractivity contribution in [1.82, 2.24) is 10.5 Å². The number of fused-ring (bicyclic) bond motifs is 1. The number of carbonyl (C=O) groups excluding carboxylic acids is 3. The molecular weight excluding hydrogens is 792 g/mol. The van der Waals surface area contributed by atoms with Gasteiger partial charge in [-0.2, -0.15) is 0 Å². The van der Waals surface area contributed by atoms with E-state index in [-0.39, 0.29) is 44.2 Å². The van der Waals surface area contributed by atoms with Crippen LogP contribution >= 0.6 is 0 Å². The van der Waals surface area contributed by atoms with E-state index < -0.39 is 113 Å². The van der Waals surface area contributed by atoms with Gasteiger partial charge in [-0.05, 0) is 70.9 Å². The number of nitrogens with zero attached hydrogens (tertiary/aromatic N) is 1. The number of aromatic nitrogens is 1. The largest absolute Gasteiger partial charge is 0.459 e. The molecule has 0 spiro atoms. The van der Waals surface area contributed by atoms with E-state index in [4.69, 9.17) is 28.2 Å². The Morgan fingerprint density at radius 2 is 1.57 bits per heavy atom. The molecule has 3 saturated heterocycles. The molecule has 16 heteroatoms. The first-order valence-electron chi connectivity index (χ1n) is 21.8. The lowest BCUT2D eigenvalue weighted by Gasteiger charge is -2.48. The molecule has 5 rings (SSSR count). The Bertz CT molecular complexity index is 1810. The van der Waals surface area contributed by atoms with E-state index in [9.17, 15) is 39.9 Å². The van der Waals surface area contributed by atoms with Crippen LogP contribution in [0, 0.1) is 35.0 Å². The number of amides is 1. The molecule has 0 saturated carbocycles. The number of ketones is 1. The number of carbonyl (C=O) groups is 3. The van der Waals surface area contributed by atoms with Crippen molar-refractivity contribution < 1.29 is 68.1 Å². The van der Waals surface area contributed by atoms with Crippen LogP contribution in [0.3, 0.4) is 0 Å². The van der Waals surface area contributed by atoms with Crippen molar-refractivity contribution in [3.63, 3.8) is 0 Å². The third kappa shape index (κ3) is 11.0. The van der Waals surface area contributed by atoms with Crippen LogP contribution in [0.2, 0.25) is 0 Å². The van der Waals surface area contributed by atoms with Gasteiger partial charge < -0.3 is 59.1 Å². The predicted molar refractivity (Wildman–Crippen MR) is 221 cm³/mol. The van der Waals surface area contributed by atoms with Gasteiger partial charge >= 0.3 is 5.97 Å². The van der Waals surface area contributed by atoms with Crippen molar-refractivity contribution in [2.24, 2.45) is 35.0 Å². The van der Waals surface area contributed by atoms with Gasteiger partial charge in [0.05, 0.1) is 54.6 Å². The van der Waals surface area contributed by atoms with E-state index in [1.165, 1.54) is 20.8 Å². The SMILES string of the molecule is CC1CC(C)C(O)C(O[C@@H]2[C@@H](C)[C@H](OC3CC(C)(C)C(O)C(C)O3)[C@@H](C)C(=O)O[C@H](CCNC(=O)Cc3noc4ccccc34)[C@@](C)(O)[C@H](O)[C@@H](C)C(=O)[C@H](C)C[C@@]2(C)O)O1. The minimum atomic E-state index is -2.21. The predicted octanol–water partition coefficient (Wildman–Crippen LogP) is 3.59. The number of cyclic esters (lactones) is 1. The molecule has 61 heavy (non-hydrogen) atoms. The molecule has 0 aliphatic carbocycles. The second kappa shape index (κ2) is 19.4. The maximum Gasteiger partial charge on any atom is 0.311 e. The van der Waals surface area contributed by atoms with Crippen LogP contribution in [0.5, 0.6) is 0 Å². The van der Waals surface area contributed by atoms with Crippen molar-refractivity contribution in [2.75, 3.05) is 6.54 Å². The van der Waals surface area contributed by atoms with E-state index in [0.717, 1.165) is 0 Å². The van der Waals surface area contributed by atoms with Crippen LogP contribution in [-0.4, -0.2) is 128 Å². The van der Waals surface area contributed by atoms with Crippen molar-refractivity contribution in [3.05, 3.63) is 30.0 Å². The number of hydrogen-bond acceptors (Lipinski definition) is 15. The van der Waals surface area contributed by atoms with Crippen molar-refractivity contribution in [3.8, 4) is 0 Å². The number of ether oxygens (including phenoxy) is 5. The number of rotatable bonds is 9. The van der Waals surface area contributed by atoms with Crippen molar-refractivity contribution in [2.45, 2.75) is 181 Å². The summed E-state index contributed by atoms with van der Waals surface area (Å²) in [6, 6.07) is 7.13. The summed E-state index contributed by atoms with van der Waals surface area (Å²) >= 11 is 0. The van der Waals surface area contributed by atoms with Gasteiger partial charge in [0, 0.05) is 42.5 Å². The molecule has 0 bridgehead atoms. The molecule has 1 amide bonds. The van der Waals surface area contributed by atoms with Crippen LogP contribution in [0.15, 0.2) is 28.8 Å². The highest BCUT2D eigenvalue weighted by molar-refractivity contribution is 5.86. The second-order valence-electron chi connectivity index (χ2n) is 19.4. The number of para-hydroxylation sites is 1. The zero-order valence-corrected chi connectivity index (χ0v) is 37.6. The lowest BCUT2D eigenvalue weighted by molar-refractivity contribution is -0.312. The number of esters is 1. The maximum absolute atomic E-state index is 14.5. The lowest BCUT2D eigenvalue weighted by atomic mass is 9.74. The Morgan fingerprint density at radius 3 is 2.25 bits per heavy atom. The molecule has 3 fully saturated rings. The molecule has 0 radical (unpaired) electrons. The van der Waals surface area contributed by atoms with E-state index in [2.05, 4.69) is 10.5 Å². The summed E-state index contributed by atoms with van der Waals surface area (Å²) in [4.78, 5) is 41.8. The molecule has 3 aliphatic heterocycles. The topological polar surface area (TPSA) is 237 Å². The van der Waals surface area contributed by atoms with Gasteiger partial charge in [0.1, 0.15) is 29.3 Å². The molecule has 3 aliphatic rings. The van der Waals surface area contributed by atoms with Gasteiger partial charge in [-0.3, -0.25) is 14.4 Å². The molecule has 7 unspecified atom stereocenters. The highest BCUT2D eigenvalue weighted by atomic mass is 16.7. The zero-order chi connectivity index (χ0) is 45.4. The Kier molecular flexibility index (Phi) is 15.5. The second-order valence-corrected chi connectivity index (χ2v) is 19.4. The standard InChI is InChI=1S/C45H70N2O14/c1-22-18-24(3)56-42(36(22)50)60-40-26(5)37(59-34-21-43(8,9)39(52)28(7)57-34)27(6)41(53)58-32(45(11,55)38(51)25(4)35(49)23(2)20-44(40,10)54)16-17-46-33(48)19-30-29-14-12-13-15-31(29)61-47-30/h12-15,22-28,32,34,36-40,42,50-52,54-55H,16-21H2,1-11H3,(H,46,48)/t22?,23-,24?,25+,26+,27-,28?,32-,34?,36?,37+,38-,39?,40-,42?,44-,45-/m1/s1. The summed E-state index contributed by atoms with van der Waals surface area (Å²) < 4.78 is 37.0. The fourth-order valence-corrected chi connectivity index (χ4v) is 9.68. The zero-order valence-electron chi connectivity index (χ0n) is 37.6. The fraction of sp³-hybridized carbons (Fsp3) is 0.778.